The fourth-order valence-electron chi connectivity index (χ4n) is 2.70. The Morgan fingerprint density at radius 2 is 1.92 bits per heavy atom. The SMILES string of the molecule is CN=C(NCC(C(=O)N1CCOCC1)c1ccccc1)NC(C)C. The maximum Gasteiger partial charge on any atom is 0.232 e. The van der Waals surface area contributed by atoms with E-state index in [1.165, 1.54) is 0 Å². The molecule has 132 valence electrons. The van der Waals surface area contributed by atoms with Crippen molar-refractivity contribution in [3.63, 3.8) is 0 Å². The number of morpholine rings is 1. The predicted molar refractivity (Wildman–Crippen MR) is 96.2 cm³/mol. The molecule has 24 heavy (non-hydrogen) atoms. The molecule has 1 aromatic carbocycles. The number of amides is 1. The third-order valence-electron chi connectivity index (χ3n) is 3.95. The van der Waals surface area contributed by atoms with Gasteiger partial charge >= 0.3 is 0 Å². The average Bonchev–Trinajstić information content (AvgIpc) is 2.62. The van der Waals surface area contributed by atoms with Crippen molar-refractivity contribution in [1.82, 2.24) is 15.5 Å². The first-order chi connectivity index (χ1) is 11.6. The minimum absolute atomic E-state index is 0.136. The molecule has 1 amide bonds. The summed E-state index contributed by atoms with van der Waals surface area (Å²) < 4.78 is 5.36. The molecule has 6 nitrogen and oxygen atoms in total. The summed E-state index contributed by atoms with van der Waals surface area (Å²) in [5.41, 5.74) is 1.02. The summed E-state index contributed by atoms with van der Waals surface area (Å²) in [5, 5.41) is 6.53. The number of carbonyl (C=O) groups is 1. The summed E-state index contributed by atoms with van der Waals surface area (Å²) in [7, 11) is 1.74. The maximum atomic E-state index is 13.0. The van der Waals surface area contributed by atoms with Crippen LogP contribution in [0.3, 0.4) is 0 Å². The molecule has 1 aliphatic heterocycles. The van der Waals surface area contributed by atoms with Crippen molar-refractivity contribution in [3.05, 3.63) is 35.9 Å². The lowest BCUT2D eigenvalue weighted by Gasteiger charge is -2.31. The summed E-state index contributed by atoms with van der Waals surface area (Å²) >= 11 is 0. The molecule has 1 atom stereocenters. The molecular formula is C18H28N4O2. The minimum Gasteiger partial charge on any atom is -0.378 e. The smallest absolute Gasteiger partial charge is 0.232 e. The van der Waals surface area contributed by atoms with E-state index in [-0.39, 0.29) is 17.9 Å². The number of aliphatic imine (C=N–C) groups is 1. The monoisotopic (exact) mass is 332 g/mol. The molecule has 1 saturated heterocycles. The van der Waals surface area contributed by atoms with Gasteiger partial charge in [0.25, 0.3) is 0 Å². The second-order valence-electron chi connectivity index (χ2n) is 6.15. The number of nitrogens with zero attached hydrogens (tertiary/aromatic N) is 2. The predicted octanol–water partition coefficient (Wildman–Crippen LogP) is 1.20. The fourth-order valence-corrected chi connectivity index (χ4v) is 2.70. The highest BCUT2D eigenvalue weighted by Gasteiger charge is 2.27. The number of benzene rings is 1. The van der Waals surface area contributed by atoms with Crippen molar-refractivity contribution in [1.29, 1.82) is 0 Å². The number of ether oxygens (including phenoxy) is 1. The first-order valence-electron chi connectivity index (χ1n) is 8.50. The molecule has 2 N–H and O–H groups in total. The summed E-state index contributed by atoms with van der Waals surface area (Å²) in [6.45, 7) is 7.14. The van der Waals surface area contributed by atoms with Crippen molar-refractivity contribution in [2.45, 2.75) is 25.8 Å². The standard InChI is InChI=1S/C18H28N4O2/c1-14(2)21-18(19-3)20-13-16(15-7-5-4-6-8-15)17(23)22-9-11-24-12-10-22/h4-8,14,16H,9-13H2,1-3H3,(H2,19,20,21). The lowest BCUT2D eigenvalue weighted by Crippen LogP contribution is -2.47. The van der Waals surface area contributed by atoms with E-state index in [4.69, 9.17) is 4.74 Å². The van der Waals surface area contributed by atoms with E-state index in [9.17, 15) is 4.79 Å². The molecular weight excluding hydrogens is 304 g/mol. The molecule has 6 heteroatoms. The first kappa shape index (κ1) is 18.3. The van der Waals surface area contributed by atoms with Crippen LogP contribution in [0.25, 0.3) is 0 Å². The van der Waals surface area contributed by atoms with Gasteiger partial charge in [-0.25, -0.2) is 0 Å². The third-order valence-corrected chi connectivity index (χ3v) is 3.95. The topological polar surface area (TPSA) is 66.0 Å². The first-order valence-corrected chi connectivity index (χ1v) is 8.50. The summed E-state index contributed by atoms with van der Waals surface area (Å²) in [4.78, 5) is 19.1. The summed E-state index contributed by atoms with van der Waals surface area (Å²) in [5.74, 6) is 0.604. The normalized spacial score (nSPS) is 16.8. The van der Waals surface area contributed by atoms with Gasteiger partial charge in [-0.3, -0.25) is 9.79 Å². The van der Waals surface area contributed by atoms with Crippen LogP contribution < -0.4 is 10.6 Å². The van der Waals surface area contributed by atoms with E-state index in [2.05, 4.69) is 29.5 Å². The molecule has 1 aromatic rings. The Hall–Kier alpha value is -2.08. The van der Waals surface area contributed by atoms with Gasteiger partial charge in [-0.1, -0.05) is 30.3 Å². The zero-order chi connectivity index (χ0) is 17.4. The molecule has 1 fully saturated rings. The molecule has 0 bridgehead atoms. The zero-order valence-corrected chi connectivity index (χ0v) is 14.8. The lowest BCUT2D eigenvalue weighted by atomic mass is 9.97. The fraction of sp³-hybridized carbons (Fsp3) is 0.556. The van der Waals surface area contributed by atoms with Crippen molar-refractivity contribution in [2.24, 2.45) is 4.99 Å². The van der Waals surface area contributed by atoms with Gasteiger partial charge < -0.3 is 20.3 Å². The Labute approximate surface area is 144 Å². The Balaban J connectivity index is 2.09. The third kappa shape index (κ3) is 5.23. The number of guanidine groups is 1. The Bertz CT molecular complexity index is 539. The van der Waals surface area contributed by atoms with Crippen LogP contribution in [0.15, 0.2) is 35.3 Å². The maximum absolute atomic E-state index is 13.0. The van der Waals surface area contributed by atoms with Crippen LogP contribution in [0.5, 0.6) is 0 Å². The van der Waals surface area contributed by atoms with Gasteiger partial charge in [0.2, 0.25) is 5.91 Å². The van der Waals surface area contributed by atoms with Gasteiger partial charge in [0.15, 0.2) is 5.96 Å². The molecule has 1 aliphatic rings. The Kier molecular flexibility index (Phi) is 7.06. The largest absolute Gasteiger partial charge is 0.378 e. The second-order valence-corrected chi connectivity index (χ2v) is 6.15. The van der Waals surface area contributed by atoms with Crippen molar-refractivity contribution >= 4 is 11.9 Å². The van der Waals surface area contributed by atoms with E-state index >= 15 is 0 Å². The number of carbonyl (C=O) groups excluding carboxylic acids is 1. The summed E-state index contributed by atoms with van der Waals surface area (Å²) in [6.07, 6.45) is 0. The van der Waals surface area contributed by atoms with E-state index in [1.807, 2.05) is 35.2 Å². The van der Waals surface area contributed by atoms with Crippen molar-refractivity contribution in [2.75, 3.05) is 39.9 Å². The highest BCUT2D eigenvalue weighted by atomic mass is 16.5. The van der Waals surface area contributed by atoms with Gasteiger partial charge in [-0.15, -0.1) is 0 Å². The molecule has 1 unspecified atom stereocenters. The van der Waals surface area contributed by atoms with Gasteiger partial charge in [0.1, 0.15) is 0 Å². The van der Waals surface area contributed by atoms with Crippen molar-refractivity contribution in [3.8, 4) is 0 Å². The molecule has 0 radical (unpaired) electrons. The average molecular weight is 332 g/mol. The Morgan fingerprint density at radius 3 is 2.50 bits per heavy atom. The molecule has 1 heterocycles. The number of hydrogen-bond acceptors (Lipinski definition) is 3. The van der Waals surface area contributed by atoms with Gasteiger partial charge in [0.05, 0.1) is 19.1 Å². The van der Waals surface area contributed by atoms with Crippen LogP contribution in [0.4, 0.5) is 0 Å². The van der Waals surface area contributed by atoms with Crippen LogP contribution in [-0.4, -0.2) is 62.7 Å². The highest BCUT2D eigenvalue weighted by Crippen LogP contribution is 2.18. The van der Waals surface area contributed by atoms with Crippen molar-refractivity contribution < 1.29 is 9.53 Å². The molecule has 2 rings (SSSR count). The quantitative estimate of drug-likeness (QED) is 0.628. The number of nitrogens with one attached hydrogen (secondary N) is 2. The Morgan fingerprint density at radius 1 is 1.25 bits per heavy atom. The number of hydrogen-bond donors (Lipinski definition) is 2. The van der Waals surface area contributed by atoms with Gasteiger partial charge in [0, 0.05) is 32.7 Å². The zero-order valence-electron chi connectivity index (χ0n) is 14.8. The molecule has 0 aliphatic carbocycles. The van der Waals surface area contributed by atoms with E-state index in [0.29, 0.717) is 38.8 Å². The van der Waals surface area contributed by atoms with E-state index in [1.54, 1.807) is 7.05 Å². The number of rotatable bonds is 5. The minimum atomic E-state index is -0.241. The van der Waals surface area contributed by atoms with Crippen LogP contribution in [0.2, 0.25) is 0 Å². The van der Waals surface area contributed by atoms with Crippen LogP contribution in [0.1, 0.15) is 25.3 Å². The lowest BCUT2D eigenvalue weighted by molar-refractivity contribution is -0.136. The van der Waals surface area contributed by atoms with E-state index in [0.717, 1.165) is 5.56 Å². The molecule has 0 aromatic heterocycles. The van der Waals surface area contributed by atoms with Gasteiger partial charge in [-0.2, -0.15) is 0 Å². The van der Waals surface area contributed by atoms with Crippen LogP contribution >= 0.6 is 0 Å². The van der Waals surface area contributed by atoms with Gasteiger partial charge in [-0.05, 0) is 19.4 Å². The molecule has 0 spiro atoms. The highest BCUT2D eigenvalue weighted by molar-refractivity contribution is 5.86. The second kappa shape index (κ2) is 9.27. The van der Waals surface area contributed by atoms with Crippen LogP contribution in [-0.2, 0) is 9.53 Å². The van der Waals surface area contributed by atoms with Crippen LogP contribution in [0, 0.1) is 0 Å². The van der Waals surface area contributed by atoms with E-state index < -0.39 is 0 Å². The molecule has 0 saturated carbocycles. The summed E-state index contributed by atoms with van der Waals surface area (Å²) in [6, 6.07) is 10.2.